The van der Waals surface area contributed by atoms with E-state index in [2.05, 4.69) is 4.98 Å². The van der Waals surface area contributed by atoms with E-state index in [0.29, 0.717) is 0 Å². The van der Waals surface area contributed by atoms with Crippen LogP contribution in [0, 0.1) is 0 Å². The molecule has 1 aliphatic rings. The predicted molar refractivity (Wildman–Crippen MR) is 71.8 cm³/mol. The van der Waals surface area contributed by atoms with Crippen molar-refractivity contribution in [2.24, 2.45) is 0 Å². The average Bonchev–Trinajstić information content (AvgIpc) is 2.61. The summed E-state index contributed by atoms with van der Waals surface area (Å²) in [5.41, 5.74) is 4.69. The van der Waals surface area contributed by atoms with Gasteiger partial charge in [-0.15, -0.1) is 24.0 Å². The van der Waals surface area contributed by atoms with Crippen molar-refractivity contribution in [1.82, 2.24) is 9.55 Å². The second kappa shape index (κ2) is 6.25. The van der Waals surface area contributed by atoms with E-state index in [4.69, 9.17) is 38.8 Å². The van der Waals surface area contributed by atoms with Crippen molar-refractivity contribution in [2.75, 3.05) is 12.3 Å². The number of halogens is 3. The van der Waals surface area contributed by atoms with Gasteiger partial charge in [-0.2, -0.15) is 4.98 Å². The summed E-state index contributed by atoms with van der Waals surface area (Å²) in [6.07, 6.45) is -1.68. The minimum Gasteiger partial charge on any atom is -0.394 e. The average molecular weight is 333 g/mol. The second-order valence-electron chi connectivity index (χ2n) is 3.85. The topological polar surface area (TPSA) is 111 Å². The maximum atomic E-state index is 11.7. The lowest BCUT2D eigenvalue weighted by atomic mass is 10.2. The first-order chi connectivity index (χ1) is 8.45. The Morgan fingerprint density at radius 2 is 2.21 bits per heavy atom. The summed E-state index contributed by atoms with van der Waals surface area (Å²) in [5, 5.41) is 17.9. The van der Waals surface area contributed by atoms with Crippen LogP contribution < -0.4 is 11.4 Å². The molecule has 0 saturated carbocycles. The molecular weight excluding hydrogens is 320 g/mol. The first-order valence-corrected chi connectivity index (χ1v) is 5.89. The molecule has 0 aromatic carbocycles. The van der Waals surface area contributed by atoms with Crippen LogP contribution in [0.5, 0.6) is 0 Å². The van der Waals surface area contributed by atoms with Crippen LogP contribution in [-0.2, 0) is 4.74 Å². The van der Waals surface area contributed by atoms with E-state index in [0.717, 1.165) is 4.57 Å². The van der Waals surface area contributed by atoms with Crippen LogP contribution in [0.3, 0.4) is 0 Å². The van der Waals surface area contributed by atoms with Gasteiger partial charge >= 0.3 is 5.69 Å². The fourth-order valence-electron chi connectivity index (χ4n) is 1.72. The number of nitrogens with zero attached hydrogens (tertiary/aromatic N) is 2. The van der Waals surface area contributed by atoms with Crippen LogP contribution in [0.1, 0.15) is 6.23 Å². The molecule has 1 aromatic rings. The van der Waals surface area contributed by atoms with Gasteiger partial charge in [-0.25, -0.2) is 4.79 Å². The number of nitrogen functional groups attached to an aromatic ring is 1. The van der Waals surface area contributed by atoms with Crippen molar-refractivity contribution >= 4 is 41.4 Å². The second-order valence-corrected chi connectivity index (χ2v) is 4.76. The molecule has 108 valence electrons. The maximum Gasteiger partial charge on any atom is 0.351 e. The van der Waals surface area contributed by atoms with E-state index in [1.807, 2.05) is 0 Å². The van der Waals surface area contributed by atoms with Crippen molar-refractivity contribution in [3.63, 3.8) is 0 Å². The van der Waals surface area contributed by atoms with Crippen molar-refractivity contribution in [1.29, 1.82) is 0 Å². The summed E-state index contributed by atoms with van der Waals surface area (Å²) in [6.45, 7) is -0.411. The quantitative estimate of drug-likeness (QED) is 0.645. The van der Waals surface area contributed by atoms with Crippen LogP contribution >= 0.6 is 35.6 Å². The number of alkyl halides is 1. The third-order valence-corrected chi connectivity index (χ3v) is 3.45. The number of aliphatic hydroxyl groups is 2. The highest BCUT2D eigenvalue weighted by atomic mass is 35.5. The first-order valence-electron chi connectivity index (χ1n) is 5.08. The van der Waals surface area contributed by atoms with Crippen LogP contribution in [0.4, 0.5) is 5.82 Å². The molecule has 10 heteroatoms. The molecule has 7 nitrogen and oxygen atoms in total. The van der Waals surface area contributed by atoms with E-state index < -0.39 is 36.1 Å². The zero-order chi connectivity index (χ0) is 13.4. The summed E-state index contributed by atoms with van der Waals surface area (Å²) in [6, 6.07) is 0. The minimum absolute atomic E-state index is 0. The molecule has 0 unspecified atom stereocenters. The standard InChI is InChI=1S/C9H11Cl2N3O4.ClH/c10-3-1-14(9(17)13-7(3)12)8-5(11)6(16)4(2-15)18-8;/h1,4-6,8,15-16H,2H2,(H2,12,13,17);1H/t4-,5+,6-,8-;/m1./s1. The van der Waals surface area contributed by atoms with E-state index in [1.165, 1.54) is 6.20 Å². The number of aromatic nitrogens is 2. The van der Waals surface area contributed by atoms with E-state index in [9.17, 15) is 9.90 Å². The van der Waals surface area contributed by atoms with Gasteiger partial charge in [-0.05, 0) is 0 Å². The monoisotopic (exact) mass is 331 g/mol. The van der Waals surface area contributed by atoms with E-state index >= 15 is 0 Å². The largest absolute Gasteiger partial charge is 0.394 e. The highest BCUT2D eigenvalue weighted by Crippen LogP contribution is 2.32. The Morgan fingerprint density at radius 3 is 2.74 bits per heavy atom. The fraction of sp³-hybridized carbons (Fsp3) is 0.556. The third kappa shape index (κ3) is 2.96. The number of ether oxygens (including phenoxy) is 1. The molecule has 1 fully saturated rings. The molecule has 0 aliphatic carbocycles. The molecule has 2 heterocycles. The Labute approximate surface area is 124 Å². The zero-order valence-corrected chi connectivity index (χ0v) is 11.8. The predicted octanol–water partition coefficient (Wildman–Crippen LogP) is -0.241. The van der Waals surface area contributed by atoms with Crippen molar-refractivity contribution < 1.29 is 14.9 Å². The highest BCUT2D eigenvalue weighted by Gasteiger charge is 2.43. The van der Waals surface area contributed by atoms with Gasteiger partial charge in [0.2, 0.25) is 0 Å². The Bertz CT molecular complexity index is 512. The number of hydrogen-bond donors (Lipinski definition) is 3. The van der Waals surface area contributed by atoms with Gasteiger partial charge in [0.25, 0.3) is 0 Å². The van der Waals surface area contributed by atoms with Gasteiger partial charge in [-0.3, -0.25) is 4.57 Å². The zero-order valence-electron chi connectivity index (χ0n) is 9.44. The number of rotatable bonds is 2. The van der Waals surface area contributed by atoms with E-state index in [-0.39, 0.29) is 23.2 Å². The summed E-state index contributed by atoms with van der Waals surface area (Å²) < 4.78 is 6.33. The maximum absolute atomic E-state index is 11.7. The molecule has 1 saturated heterocycles. The number of hydrogen-bond acceptors (Lipinski definition) is 6. The fourth-order valence-corrected chi connectivity index (χ4v) is 2.21. The lowest BCUT2D eigenvalue weighted by Gasteiger charge is -2.16. The smallest absolute Gasteiger partial charge is 0.351 e. The Balaban J connectivity index is 0.00000180. The first kappa shape index (κ1) is 16.5. The Kier molecular flexibility index (Phi) is 5.43. The Morgan fingerprint density at radius 1 is 1.58 bits per heavy atom. The SMILES string of the molecule is Cl.Nc1nc(=O)n([C@@H]2O[C@H](CO)[C@@H](O)[C@@H]2Cl)cc1Cl. The molecule has 1 aromatic heterocycles. The molecule has 19 heavy (non-hydrogen) atoms. The molecule has 4 N–H and O–H groups in total. The third-order valence-electron chi connectivity index (χ3n) is 2.68. The van der Waals surface area contributed by atoms with Crippen molar-refractivity contribution in [2.45, 2.75) is 23.8 Å². The molecule has 0 bridgehead atoms. The van der Waals surface area contributed by atoms with Gasteiger partial charge in [0.1, 0.15) is 23.4 Å². The lowest BCUT2D eigenvalue weighted by molar-refractivity contribution is -0.0457. The lowest BCUT2D eigenvalue weighted by Crippen LogP contribution is -2.33. The minimum atomic E-state index is -1.09. The normalized spacial score (nSPS) is 30.1. The van der Waals surface area contributed by atoms with Crippen LogP contribution in [0.15, 0.2) is 11.0 Å². The van der Waals surface area contributed by atoms with E-state index in [1.54, 1.807) is 0 Å². The number of anilines is 1. The molecular formula is C9H12Cl3N3O4. The Hall–Kier alpha value is -0.570. The summed E-state index contributed by atoms with van der Waals surface area (Å²) in [4.78, 5) is 15.2. The van der Waals surface area contributed by atoms with Crippen molar-refractivity contribution in [3.05, 3.63) is 21.7 Å². The summed E-state index contributed by atoms with van der Waals surface area (Å²) in [5.74, 6) is -0.0960. The molecule has 4 atom stereocenters. The van der Waals surface area contributed by atoms with Gasteiger partial charge in [-0.1, -0.05) is 11.6 Å². The van der Waals surface area contributed by atoms with Gasteiger partial charge in [0, 0.05) is 6.20 Å². The number of aliphatic hydroxyl groups excluding tert-OH is 2. The van der Waals surface area contributed by atoms with Crippen LogP contribution in [-0.4, -0.2) is 44.0 Å². The highest BCUT2D eigenvalue weighted by molar-refractivity contribution is 6.32. The van der Waals surface area contributed by atoms with Gasteiger partial charge in [0.15, 0.2) is 6.23 Å². The van der Waals surface area contributed by atoms with Crippen LogP contribution in [0.25, 0.3) is 0 Å². The summed E-state index contributed by atoms with van der Waals surface area (Å²) in [7, 11) is 0. The van der Waals surface area contributed by atoms with Gasteiger partial charge in [0.05, 0.1) is 11.6 Å². The van der Waals surface area contributed by atoms with Crippen LogP contribution in [0.2, 0.25) is 5.02 Å². The summed E-state index contributed by atoms with van der Waals surface area (Å²) >= 11 is 11.7. The van der Waals surface area contributed by atoms with Crippen molar-refractivity contribution in [3.8, 4) is 0 Å². The van der Waals surface area contributed by atoms with Gasteiger partial charge < -0.3 is 20.7 Å². The molecule has 0 radical (unpaired) electrons. The molecule has 2 rings (SSSR count). The molecule has 1 aliphatic heterocycles. The molecule has 0 amide bonds. The number of nitrogens with two attached hydrogens (primary N) is 1. The molecule has 0 spiro atoms.